The highest BCUT2D eigenvalue weighted by atomic mass is 32.1. The molecular formula is C12H20N2O2S. The number of hydrogen-bond acceptors (Lipinski definition) is 3. The first-order chi connectivity index (χ1) is 7.88. The summed E-state index contributed by atoms with van der Waals surface area (Å²) in [6.45, 7) is 6.43. The lowest BCUT2D eigenvalue weighted by molar-refractivity contribution is 0.000708. The van der Waals surface area contributed by atoms with E-state index < -0.39 is 5.60 Å². The molecule has 1 N–H and O–H groups in total. The number of carbonyl (C=O) groups is 1. The van der Waals surface area contributed by atoms with Crippen LogP contribution in [0.25, 0.3) is 0 Å². The SMILES string of the molecule is CC(C)(C)OC(=O)N1[C@H]2CCC[C@@H]1C(=S)NC2. The van der Waals surface area contributed by atoms with E-state index in [1.165, 1.54) is 0 Å². The van der Waals surface area contributed by atoms with Crippen molar-refractivity contribution in [3.8, 4) is 0 Å². The molecule has 2 atom stereocenters. The number of carbonyl (C=O) groups excluding carboxylic acids is 1. The Morgan fingerprint density at radius 3 is 2.82 bits per heavy atom. The number of amides is 1. The summed E-state index contributed by atoms with van der Waals surface area (Å²) in [6.07, 6.45) is 2.89. The quantitative estimate of drug-likeness (QED) is 0.674. The van der Waals surface area contributed by atoms with Crippen LogP contribution >= 0.6 is 12.2 Å². The molecule has 96 valence electrons. The van der Waals surface area contributed by atoms with E-state index in [4.69, 9.17) is 17.0 Å². The van der Waals surface area contributed by atoms with Crippen molar-refractivity contribution in [2.45, 2.75) is 57.7 Å². The summed E-state index contributed by atoms with van der Waals surface area (Å²) in [4.78, 5) is 14.8. The number of ether oxygens (including phenoxy) is 1. The third-order valence-corrected chi connectivity index (χ3v) is 3.58. The van der Waals surface area contributed by atoms with E-state index >= 15 is 0 Å². The maximum absolute atomic E-state index is 12.2. The molecule has 2 saturated heterocycles. The monoisotopic (exact) mass is 256 g/mol. The Bertz CT molecular complexity index is 338. The van der Waals surface area contributed by atoms with Gasteiger partial charge in [0.05, 0.1) is 17.1 Å². The van der Waals surface area contributed by atoms with Gasteiger partial charge in [0.1, 0.15) is 5.60 Å². The van der Waals surface area contributed by atoms with E-state index in [0.29, 0.717) is 0 Å². The fraction of sp³-hybridized carbons (Fsp3) is 0.833. The van der Waals surface area contributed by atoms with Crippen LogP contribution in [-0.2, 0) is 4.74 Å². The van der Waals surface area contributed by atoms with Gasteiger partial charge in [0.2, 0.25) is 0 Å². The van der Waals surface area contributed by atoms with Gasteiger partial charge in [-0.25, -0.2) is 4.79 Å². The first-order valence-corrected chi connectivity index (χ1v) is 6.58. The fourth-order valence-electron chi connectivity index (χ4n) is 2.46. The van der Waals surface area contributed by atoms with E-state index in [9.17, 15) is 4.79 Å². The predicted octanol–water partition coefficient (Wildman–Crippen LogP) is 2.08. The maximum Gasteiger partial charge on any atom is 0.411 e. The number of fused-ring (bicyclic) bond motifs is 2. The van der Waals surface area contributed by atoms with E-state index in [1.807, 2.05) is 25.7 Å². The van der Waals surface area contributed by atoms with E-state index in [1.54, 1.807) is 0 Å². The van der Waals surface area contributed by atoms with Crippen LogP contribution in [-0.4, -0.2) is 40.2 Å². The molecule has 0 radical (unpaired) electrons. The highest BCUT2D eigenvalue weighted by molar-refractivity contribution is 7.80. The van der Waals surface area contributed by atoms with Gasteiger partial charge >= 0.3 is 6.09 Å². The van der Waals surface area contributed by atoms with Crippen LogP contribution < -0.4 is 5.32 Å². The van der Waals surface area contributed by atoms with Crippen LogP contribution in [0.5, 0.6) is 0 Å². The molecule has 2 rings (SSSR count). The molecule has 1 amide bonds. The minimum absolute atomic E-state index is 0.0346. The Morgan fingerprint density at radius 2 is 2.18 bits per heavy atom. The third kappa shape index (κ3) is 2.70. The minimum atomic E-state index is -0.447. The molecule has 2 aliphatic heterocycles. The van der Waals surface area contributed by atoms with Gasteiger partial charge in [-0.05, 0) is 40.0 Å². The minimum Gasteiger partial charge on any atom is -0.444 e. The van der Waals surface area contributed by atoms with E-state index in [2.05, 4.69) is 5.32 Å². The molecule has 2 aliphatic rings. The molecular weight excluding hydrogens is 236 g/mol. The lowest BCUT2D eigenvalue weighted by Crippen LogP contribution is -2.64. The largest absolute Gasteiger partial charge is 0.444 e. The Hall–Kier alpha value is -0.840. The summed E-state index contributed by atoms with van der Waals surface area (Å²) in [7, 11) is 0. The number of piperidine rings is 1. The predicted molar refractivity (Wildman–Crippen MR) is 70.1 cm³/mol. The van der Waals surface area contributed by atoms with Crippen LogP contribution in [0.4, 0.5) is 4.79 Å². The number of nitrogens with one attached hydrogen (secondary N) is 1. The Morgan fingerprint density at radius 1 is 1.47 bits per heavy atom. The van der Waals surface area contributed by atoms with Crippen LogP contribution in [0.15, 0.2) is 0 Å². The van der Waals surface area contributed by atoms with Gasteiger partial charge < -0.3 is 10.1 Å². The molecule has 0 unspecified atom stereocenters. The maximum atomic E-state index is 12.2. The fourth-order valence-corrected chi connectivity index (χ4v) is 2.78. The van der Waals surface area contributed by atoms with Crippen LogP contribution in [0.2, 0.25) is 0 Å². The summed E-state index contributed by atoms with van der Waals surface area (Å²) in [5.41, 5.74) is -0.447. The van der Waals surface area contributed by atoms with Crippen LogP contribution in [0.1, 0.15) is 40.0 Å². The number of rotatable bonds is 0. The van der Waals surface area contributed by atoms with Crippen molar-refractivity contribution in [3.63, 3.8) is 0 Å². The molecule has 0 saturated carbocycles. The van der Waals surface area contributed by atoms with Gasteiger partial charge in [-0.3, -0.25) is 4.90 Å². The zero-order chi connectivity index (χ0) is 12.6. The van der Waals surface area contributed by atoms with Gasteiger partial charge in [-0.1, -0.05) is 12.2 Å². The number of piperazine rings is 1. The Labute approximate surface area is 108 Å². The molecule has 0 aromatic carbocycles. The van der Waals surface area contributed by atoms with Crippen LogP contribution in [0, 0.1) is 0 Å². The van der Waals surface area contributed by atoms with Crippen molar-refractivity contribution in [3.05, 3.63) is 0 Å². The molecule has 0 spiro atoms. The van der Waals surface area contributed by atoms with E-state index in [-0.39, 0.29) is 18.2 Å². The summed E-state index contributed by atoms with van der Waals surface area (Å²) in [5.74, 6) is 0. The molecule has 2 heterocycles. The zero-order valence-electron chi connectivity index (χ0n) is 10.7. The molecule has 0 aliphatic carbocycles. The van der Waals surface area contributed by atoms with Gasteiger partial charge in [0.25, 0.3) is 0 Å². The van der Waals surface area contributed by atoms with E-state index in [0.717, 1.165) is 30.8 Å². The van der Waals surface area contributed by atoms with Crippen molar-refractivity contribution in [2.75, 3.05) is 6.54 Å². The molecule has 17 heavy (non-hydrogen) atoms. The lowest BCUT2D eigenvalue weighted by atomic mass is 9.93. The normalized spacial score (nSPS) is 28.6. The third-order valence-electron chi connectivity index (χ3n) is 3.16. The van der Waals surface area contributed by atoms with Crippen molar-refractivity contribution < 1.29 is 9.53 Å². The number of nitrogens with zero attached hydrogens (tertiary/aromatic N) is 1. The second kappa shape index (κ2) is 4.44. The summed E-state index contributed by atoms with van der Waals surface area (Å²) in [5, 5.41) is 3.21. The molecule has 5 heteroatoms. The van der Waals surface area contributed by atoms with Crippen molar-refractivity contribution in [2.24, 2.45) is 0 Å². The molecule has 0 aromatic rings. The van der Waals surface area contributed by atoms with Crippen molar-refractivity contribution in [1.82, 2.24) is 10.2 Å². The zero-order valence-corrected chi connectivity index (χ0v) is 11.5. The molecule has 0 aromatic heterocycles. The van der Waals surface area contributed by atoms with Gasteiger partial charge in [0, 0.05) is 6.54 Å². The van der Waals surface area contributed by atoms with Crippen molar-refractivity contribution >= 4 is 23.3 Å². The van der Waals surface area contributed by atoms with Gasteiger partial charge in [-0.2, -0.15) is 0 Å². The molecule has 4 nitrogen and oxygen atoms in total. The Kier molecular flexibility index (Phi) is 3.30. The molecule has 2 fully saturated rings. The topological polar surface area (TPSA) is 41.6 Å². The highest BCUT2D eigenvalue weighted by Crippen LogP contribution is 2.28. The Balaban J connectivity index is 2.13. The van der Waals surface area contributed by atoms with Crippen molar-refractivity contribution in [1.29, 1.82) is 0 Å². The second-order valence-electron chi connectivity index (χ2n) is 5.73. The average molecular weight is 256 g/mol. The van der Waals surface area contributed by atoms with Gasteiger partial charge in [-0.15, -0.1) is 0 Å². The lowest BCUT2D eigenvalue weighted by Gasteiger charge is -2.46. The summed E-state index contributed by atoms with van der Waals surface area (Å²) in [6, 6.07) is 0.266. The van der Waals surface area contributed by atoms with Crippen LogP contribution in [0.3, 0.4) is 0 Å². The summed E-state index contributed by atoms with van der Waals surface area (Å²) >= 11 is 5.29. The smallest absolute Gasteiger partial charge is 0.411 e. The highest BCUT2D eigenvalue weighted by Gasteiger charge is 2.41. The first-order valence-electron chi connectivity index (χ1n) is 6.17. The molecule has 2 bridgehead atoms. The van der Waals surface area contributed by atoms with Gasteiger partial charge in [0.15, 0.2) is 0 Å². The first kappa shape index (κ1) is 12.6. The second-order valence-corrected chi connectivity index (χ2v) is 6.17. The number of hydrogen-bond donors (Lipinski definition) is 1. The average Bonchev–Trinajstić information content (AvgIpc) is 2.21. The standard InChI is InChI=1S/C12H20N2O2S/c1-12(2,3)16-11(15)14-8-5-4-6-9(14)10(17)13-7-8/h8-9H,4-7H2,1-3H3,(H,13,17)/t8-,9+/m0/s1. The summed E-state index contributed by atoms with van der Waals surface area (Å²) < 4.78 is 5.46. The number of thiocarbonyl (C=S) groups is 1.